The first kappa shape index (κ1) is 32.3. The number of allylic oxidation sites excluding steroid dienone is 2. The minimum atomic E-state index is -0.200. The Hall–Kier alpha value is -7.09. The van der Waals surface area contributed by atoms with Gasteiger partial charge in [0.05, 0.1) is 21.8 Å². The number of hydrogen-bond acceptors (Lipinski definition) is 7. The van der Waals surface area contributed by atoms with E-state index in [2.05, 4.69) is 121 Å². The molecule has 0 spiro atoms. The third-order valence-corrected chi connectivity index (χ3v) is 11.7. The van der Waals surface area contributed by atoms with E-state index in [1.165, 1.54) is 4.70 Å². The summed E-state index contributed by atoms with van der Waals surface area (Å²) < 4.78 is 8.90. The van der Waals surface area contributed by atoms with Crippen LogP contribution in [-0.4, -0.2) is 31.0 Å². The molecule has 1 aliphatic carbocycles. The van der Waals surface area contributed by atoms with Gasteiger partial charge >= 0.3 is 0 Å². The summed E-state index contributed by atoms with van der Waals surface area (Å²) in [5.74, 6) is 3.23. The topological polar surface area (TPSA) is 73.7 Å². The summed E-state index contributed by atoms with van der Waals surface area (Å²) in [5.41, 5.74) is 10.0. The number of fused-ring (bicyclic) bond motifs is 6. The summed E-state index contributed by atoms with van der Waals surface area (Å²) in [4.78, 5) is 25.9. The van der Waals surface area contributed by atoms with Crippen molar-refractivity contribution in [2.45, 2.75) is 12.0 Å². The van der Waals surface area contributed by atoms with Gasteiger partial charge in [-0.25, -0.2) is 24.9 Å². The average Bonchev–Trinajstić information content (AvgIpc) is 3.85. The standard InChI is InChI=1S/C49H31N5OS/c1-4-14-30(15-5-1)33-20-12-21-34(28-33)47-52-46(32-18-8-3-9-19-32)53-48(54-47)35-26-27-39-38(29-35)42-37(23-13-24-40(42)55-39)49-50-43(31-16-6-2-7-17-31)45-44(51-49)36-22-10-11-25-41(36)56-45/h1-29,40,42H. The van der Waals surface area contributed by atoms with Crippen molar-refractivity contribution in [1.29, 1.82) is 0 Å². The van der Waals surface area contributed by atoms with E-state index < -0.39 is 0 Å². The van der Waals surface area contributed by atoms with Gasteiger partial charge in [0.1, 0.15) is 11.9 Å². The Bertz CT molecular complexity index is 3010. The highest BCUT2D eigenvalue weighted by atomic mass is 32.1. The third kappa shape index (κ3) is 5.60. The Kier molecular flexibility index (Phi) is 7.70. The molecule has 7 heteroatoms. The van der Waals surface area contributed by atoms with Crippen LogP contribution in [0.2, 0.25) is 0 Å². The van der Waals surface area contributed by atoms with Gasteiger partial charge < -0.3 is 4.74 Å². The molecule has 0 saturated carbocycles. The van der Waals surface area contributed by atoms with Crippen molar-refractivity contribution in [1.82, 2.24) is 24.9 Å². The first-order valence-corrected chi connectivity index (χ1v) is 19.5. The van der Waals surface area contributed by atoms with Crippen molar-refractivity contribution >= 4 is 37.2 Å². The zero-order chi connectivity index (χ0) is 37.0. The molecule has 0 amide bonds. The molecule has 56 heavy (non-hydrogen) atoms. The van der Waals surface area contributed by atoms with Gasteiger partial charge in [-0.2, -0.15) is 0 Å². The van der Waals surface area contributed by atoms with E-state index in [1.54, 1.807) is 11.3 Å². The van der Waals surface area contributed by atoms with Crippen LogP contribution in [0.4, 0.5) is 0 Å². The summed E-state index contributed by atoms with van der Waals surface area (Å²) in [7, 11) is 0. The quantitative estimate of drug-likeness (QED) is 0.169. The first-order chi connectivity index (χ1) is 27.7. The highest BCUT2D eigenvalue weighted by molar-refractivity contribution is 7.26. The van der Waals surface area contributed by atoms with Crippen LogP contribution in [0, 0.1) is 0 Å². The van der Waals surface area contributed by atoms with E-state index in [0.717, 1.165) is 71.6 Å². The van der Waals surface area contributed by atoms with E-state index >= 15 is 0 Å². The Labute approximate surface area is 327 Å². The minimum absolute atomic E-state index is 0.127. The molecule has 0 radical (unpaired) electrons. The fourth-order valence-corrected chi connectivity index (χ4v) is 8.99. The average molecular weight is 738 g/mol. The zero-order valence-corrected chi connectivity index (χ0v) is 30.8. The highest BCUT2D eigenvalue weighted by Crippen LogP contribution is 2.49. The molecule has 6 nitrogen and oxygen atoms in total. The van der Waals surface area contributed by atoms with Crippen LogP contribution in [-0.2, 0) is 0 Å². The smallest absolute Gasteiger partial charge is 0.164 e. The fraction of sp³-hybridized carbons (Fsp3) is 0.0408. The van der Waals surface area contributed by atoms with Crippen molar-refractivity contribution in [2.24, 2.45) is 0 Å². The molecule has 2 unspecified atom stereocenters. The SMILES string of the molecule is C1=CC2Oc3ccc(-c4nc(-c5ccccc5)nc(-c5cccc(-c6ccccc6)c5)n4)cc3C2C(c2nc(-c3ccccc3)c3sc4ccccc4c3n2)=C1. The molecule has 11 rings (SSSR count). The number of benzene rings is 6. The van der Waals surface area contributed by atoms with Gasteiger partial charge in [-0.3, -0.25) is 0 Å². The van der Waals surface area contributed by atoms with E-state index in [9.17, 15) is 0 Å². The van der Waals surface area contributed by atoms with Gasteiger partial charge in [0.15, 0.2) is 23.3 Å². The van der Waals surface area contributed by atoms with Crippen LogP contribution in [0.25, 0.3) is 82.4 Å². The van der Waals surface area contributed by atoms with Crippen molar-refractivity contribution in [3.05, 3.63) is 187 Å². The molecule has 1 aliphatic heterocycles. The number of thiophene rings is 1. The molecule has 6 aromatic carbocycles. The number of rotatable bonds is 6. The Morgan fingerprint density at radius 3 is 1.88 bits per heavy atom. The molecule has 0 N–H and O–H groups in total. The molecule has 264 valence electrons. The van der Waals surface area contributed by atoms with Crippen LogP contribution in [0.15, 0.2) is 176 Å². The van der Waals surface area contributed by atoms with Gasteiger partial charge in [-0.05, 0) is 47.5 Å². The lowest BCUT2D eigenvalue weighted by Crippen LogP contribution is -2.20. The van der Waals surface area contributed by atoms with Gasteiger partial charge in [0, 0.05) is 43.5 Å². The van der Waals surface area contributed by atoms with E-state index in [1.807, 2.05) is 54.6 Å². The monoisotopic (exact) mass is 737 g/mol. The van der Waals surface area contributed by atoms with Crippen LogP contribution in [0.1, 0.15) is 17.3 Å². The lowest BCUT2D eigenvalue weighted by Gasteiger charge is -2.22. The first-order valence-electron chi connectivity index (χ1n) is 18.7. The number of hydrogen-bond donors (Lipinski definition) is 0. The van der Waals surface area contributed by atoms with Gasteiger partial charge in [-0.15, -0.1) is 11.3 Å². The Morgan fingerprint density at radius 2 is 1.11 bits per heavy atom. The number of aromatic nitrogens is 5. The largest absolute Gasteiger partial charge is 0.485 e. The van der Waals surface area contributed by atoms with Gasteiger partial charge in [0.2, 0.25) is 0 Å². The lowest BCUT2D eigenvalue weighted by atomic mass is 9.83. The van der Waals surface area contributed by atoms with E-state index in [0.29, 0.717) is 23.3 Å². The van der Waals surface area contributed by atoms with Crippen molar-refractivity contribution in [2.75, 3.05) is 0 Å². The second kappa shape index (κ2) is 13.3. The summed E-state index contributed by atoms with van der Waals surface area (Å²) in [6.07, 6.45) is 6.14. The molecule has 0 fully saturated rings. The van der Waals surface area contributed by atoms with Crippen LogP contribution >= 0.6 is 11.3 Å². The van der Waals surface area contributed by atoms with E-state index in [-0.39, 0.29) is 12.0 Å². The molecule has 2 aliphatic rings. The molecule has 0 bridgehead atoms. The molecule has 2 atom stereocenters. The number of nitrogens with zero attached hydrogens (tertiary/aromatic N) is 5. The number of ether oxygens (including phenoxy) is 1. The molecular weight excluding hydrogens is 707 g/mol. The van der Waals surface area contributed by atoms with Crippen LogP contribution < -0.4 is 4.74 Å². The Balaban J connectivity index is 1.04. The summed E-state index contributed by atoms with van der Waals surface area (Å²) >= 11 is 1.74. The molecule has 3 aromatic heterocycles. The van der Waals surface area contributed by atoms with Crippen molar-refractivity contribution < 1.29 is 4.74 Å². The minimum Gasteiger partial charge on any atom is -0.485 e. The van der Waals surface area contributed by atoms with Crippen molar-refractivity contribution in [3.8, 4) is 62.3 Å². The summed E-state index contributed by atoms with van der Waals surface area (Å²) in [6, 6.07) is 54.0. The molecule has 9 aromatic rings. The second-order valence-electron chi connectivity index (χ2n) is 14.0. The third-order valence-electron chi connectivity index (χ3n) is 10.5. The maximum atomic E-state index is 6.62. The lowest BCUT2D eigenvalue weighted by molar-refractivity contribution is 0.271. The highest BCUT2D eigenvalue weighted by Gasteiger charge is 2.39. The summed E-state index contributed by atoms with van der Waals surface area (Å²) in [5, 5.41) is 1.14. The predicted molar refractivity (Wildman–Crippen MR) is 226 cm³/mol. The van der Waals surface area contributed by atoms with E-state index in [4.69, 9.17) is 29.7 Å². The summed E-state index contributed by atoms with van der Waals surface area (Å²) in [6.45, 7) is 0. The van der Waals surface area contributed by atoms with Crippen LogP contribution in [0.3, 0.4) is 0 Å². The fourth-order valence-electron chi connectivity index (χ4n) is 7.84. The molecule has 0 saturated heterocycles. The molecule has 4 heterocycles. The normalized spacial score (nSPS) is 15.7. The van der Waals surface area contributed by atoms with Crippen molar-refractivity contribution in [3.63, 3.8) is 0 Å². The van der Waals surface area contributed by atoms with Crippen LogP contribution in [0.5, 0.6) is 5.75 Å². The maximum absolute atomic E-state index is 6.62. The zero-order valence-electron chi connectivity index (χ0n) is 30.0. The second-order valence-corrected chi connectivity index (χ2v) is 15.0. The maximum Gasteiger partial charge on any atom is 0.164 e. The molecular formula is C49H31N5OS. The van der Waals surface area contributed by atoms with Gasteiger partial charge in [0.25, 0.3) is 0 Å². The predicted octanol–water partition coefficient (Wildman–Crippen LogP) is 11.9. The van der Waals surface area contributed by atoms with Gasteiger partial charge in [-0.1, -0.05) is 140 Å². The Morgan fingerprint density at radius 1 is 0.482 bits per heavy atom.